The van der Waals surface area contributed by atoms with E-state index in [2.05, 4.69) is 25.9 Å². The van der Waals surface area contributed by atoms with Crippen molar-refractivity contribution in [3.05, 3.63) is 44.2 Å². The van der Waals surface area contributed by atoms with Crippen LogP contribution in [0.2, 0.25) is 5.02 Å². The molecule has 12 nitrogen and oxygen atoms in total. The predicted molar refractivity (Wildman–Crippen MR) is 102 cm³/mol. The van der Waals surface area contributed by atoms with E-state index in [0.717, 1.165) is 9.56 Å². The van der Waals surface area contributed by atoms with Gasteiger partial charge < -0.3 is 25.3 Å². The van der Waals surface area contributed by atoms with Gasteiger partial charge in [0.25, 0.3) is 0 Å². The van der Waals surface area contributed by atoms with Gasteiger partial charge in [-0.2, -0.15) is 9.67 Å². The van der Waals surface area contributed by atoms with Crippen LogP contribution in [-0.2, 0) is 11.3 Å². The lowest BCUT2D eigenvalue weighted by molar-refractivity contribution is -0.389. The summed E-state index contributed by atoms with van der Waals surface area (Å²) in [6, 6.07) is 3.63. The Morgan fingerprint density at radius 2 is 2.14 bits per heavy atom. The minimum Gasteiger partial charge on any atom is -0.358 e. The second-order valence-corrected chi connectivity index (χ2v) is 6.97. The number of hydrogen-bond donors (Lipinski definition) is 2. The summed E-state index contributed by atoms with van der Waals surface area (Å²) in [7, 11) is 0. The fraction of sp³-hybridized carbons (Fsp3) is 0.267. The van der Waals surface area contributed by atoms with E-state index in [1.807, 2.05) is 11.4 Å². The smallest absolute Gasteiger partial charge is 0.358 e. The predicted octanol–water partition coefficient (Wildman–Crippen LogP) is 1.41. The van der Waals surface area contributed by atoms with E-state index in [9.17, 15) is 19.7 Å². The van der Waals surface area contributed by atoms with Crippen LogP contribution in [0.4, 0.5) is 5.82 Å². The molecular formula is C15H14ClN7O5S. The van der Waals surface area contributed by atoms with Crippen LogP contribution in [0.5, 0.6) is 0 Å². The van der Waals surface area contributed by atoms with Crippen LogP contribution >= 0.6 is 22.9 Å². The zero-order chi connectivity index (χ0) is 21.0. The third kappa shape index (κ3) is 4.75. The molecule has 0 radical (unpaired) electrons. The summed E-state index contributed by atoms with van der Waals surface area (Å²) >= 11 is 7.24. The quantitative estimate of drug-likeness (QED) is 0.303. The molecule has 0 aliphatic rings. The third-order valence-corrected chi connectivity index (χ3v) is 4.99. The summed E-state index contributed by atoms with van der Waals surface area (Å²) in [5.41, 5.74) is 0.305. The Morgan fingerprint density at radius 3 is 2.79 bits per heavy atom. The van der Waals surface area contributed by atoms with Gasteiger partial charge in [0.1, 0.15) is 6.54 Å². The lowest BCUT2D eigenvalue weighted by Gasteiger charge is -2.05. The van der Waals surface area contributed by atoms with Gasteiger partial charge in [-0.05, 0) is 23.3 Å². The first-order valence-corrected chi connectivity index (χ1v) is 9.42. The molecule has 152 valence electrons. The highest BCUT2D eigenvalue weighted by Crippen LogP contribution is 2.26. The minimum absolute atomic E-state index is 0.111. The molecule has 0 atom stereocenters. The Bertz CT molecular complexity index is 1050. The van der Waals surface area contributed by atoms with Crippen molar-refractivity contribution in [1.82, 2.24) is 30.6 Å². The van der Waals surface area contributed by atoms with E-state index in [1.165, 1.54) is 18.3 Å². The van der Waals surface area contributed by atoms with E-state index in [0.29, 0.717) is 11.5 Å². The Labute approximate surface area is 172 Å². The monoisotopic (exact) mass is 439 g/mol. The first-order valence-electron chi connectivity index (χ1n) is 8.16. The summed E-state index contributed by atoms with van der Waals surface area (Å²) in [5, 5.41) is 25.1. The van der Waals surface area contributed by atoms with E-state index in [1.54, 1.807) is 6.07 Å². The molecule has 0 aliphatic carbocycles. The maximum Gasteiger partial charge on any atom is 0.408 e. The van der Waals surface area contributed by atoms with E-state index >= 15 is 0 Å². The molecular weight excluding hydrogens is 426 g/mol. The number of nitrogens with one attached hydrogen (secondary N) is 2. The summed E-state index contributed by atoms with van der Waals surface area (Å²) in [6.07, 6.45) is 0. The van der Waals surface area contributed by atoms with Crippen molar-refractivity contribution in [2.75, 3.05) is 13.1 Å². The Morgan fingerprint density at radius 1 is 1.38 bits per heavy atom. The number of carbonyl (C=O) groups excluding carboxylic acids is 2. The summed E-state index contributed by atoms with van der Waals surface area (Å²) in [6.45, 7) is 1.50. The second kappa shape index (κ2) is 8.79. The number of nitro groups is 1. The zero-order valence-corrected chi connectivity index (χ0v) is 16.5. The lowest BCUT2D eigenvalue weighted by atomic mass is 10.4. The van der Waals surface area contributed by atoms with Gasteiger partial charge in [-0.3, -0.25) is 9.59 Å². The molecule has 0 saturated heterocycles. The SMILES string of the molecule is Cc1c(Cl)c([N+](=O)[O-])nn1CC(=O)NCCNC(=O)c1nc(-c2cccs2)no1. The van der Waals surface area contributed by atoms with Crippen molar-refractivity contribution >= 4 is 40.6 Å². The molecule has 0 saturated carbocycles. The van der Waals surface area contributed by atoms with Crippen molar-refractivity contribution < 1.29 is 19.0 Å². The van der Waals surface area contributed by atoms with Crippen LogP contribution in [-0.4, -0.2) is 49.7 Å². The van der Waals surface area contributed by atoms with Crippen molar-refractivity contribution in [3.63, 3.8) is 0 Å². The number of halogens is 1. The van der Waals surface area contributed by atoms with Crippen LogP contribution in [0, 0.1) is 17.0 Å². The van der Waals surface area contributed by atoms with E-state index < -0.39 is 22.6 Å². The Hall–Kier alpha value is -3.32. The van der Waals surface area contributed by atoms with Gasteiger partial charge >= 0.3 is 17.6 Å². The maximum absolute atomic E-state index is 12.0. The van der Waals surface area contributed by atoms with Crippen molar-refractivity contribution in [3.8, 4) is 10.7 Å². The standard InChI is InChI=1S/C15H14ClN7O5S/c1-8-11(16)13(23(26)27)20-22(8)7-10(24)17-4-5-18-14(25)15-19-12(21-28-15)9-3-2-6-29-9/h2-3,6H,4-5,7H2,1H3,(H,17,24)(H,18,25). The molecule has 3 aromatic heterocycles. The summed E-state index contributed by atoms with van der Waals surface area (Å²) in [5.74, 6) is -1.39. The average Bonchev–Trinajstić information content (AvgIpc) is 3.42. The van der Waals surface area contributed by atoms with Gasteiger partial charge in [0, 0.05) is 13.1 Å². The molecule has 14 heteroatoms. The van der Waals surface area contributed by atoms with Gasteiger partial charge in [0.15, 0.2) is 5.02 Å². The van der Waals surface area contributed by atoms with Gasteiger partial charge in [-0.25, -0.2) is 0 Å². The lowest BCUT2D eigenvalue weighted by Crippen LogP contribution is -2.36. The molecule has 0 bridgehead atoms. The molecule has 0 aromatic carbocycles. The summed E-state index contributed by atoms with van der Waals surface area (Å²) in [4.78, 5) is 38.9. The van der Waals surface area contributed by atoms with Gasteiger partial charge in [-0.1, -0.05) is 22.8 Å². The first kappa shape index (κ1) is 20.4. The number of aromatic nitrogens is 4. The maximum atomic E-state index is 12.0. The van der Waals surface area contributed by atoms with E-state index in [4.69, 9.17) is 16.1 Å². The fourth-order valence-electron chi connectivity index (χ4n) is 2.25. The van der Waals surface area contributed by atoms with E-state index in [-0.39, 0.29) is 30.5 Å². The number of rotatable bonds is 8. The highest BCUT2D eigenvalue weighted by Gasteiger charge is 2.25. The van der Waals surface area contributed by atoms with Crippen molar-refractivity contribution in [2.45, 2.75) is 13.5 Å². The second-order valence-electron chi connectivity index (χ2n) is 5.64. The van der Waals surface area contributed by atoms with Crippen LogP contribution < -0.4 is 10.6 Å². The minimum atomic E-state index is -0.722. The van der Waals surface area contributed by atoms with Crippen LogP contribution in [0.3, 0.4) is 0 Å². The normalized spacial score (nSPS) is 10.7. The first-order chi connectivity index (χ1) is 13.9. The highest BCUT2D eigenvalue weighted by atomic mass is 35.5. The number of carbonyl (C=O) groups is 2. The van der Waals surface area contributed by atoms with Gasteiger partial charge in [-0.15, -0.1) is 11.3 Å². The molecule has 0 spiro atoms. The molecule has 0 aliphatic heterocycles. The molecule has 3 heterocycles. The molecule has 3 rings (SSSR count). The number of thiophene rings is 1. The Balaban J connectivity index is 1.44. The number of nitrogens with zero attached hydrogens (tertiary/aromatic N) is 5. The molecule has 3 aromatic rings. The van der Waals surface area contributed by atoms with Gasteiger partial charge in [0.2, 0.25) is 11.7 Å². The molecule has 0 fully saturated rings. The molecule has 0 unspecified atom stereocenters. The average molecular weight is 440 g/mol. The number of amides is 2. The zero-order valence-electron chi connectivity index (χ0n) is 14.9. The van der Waals surface area contributed by atoms with Crippen LogP contribution in [0.15, 0.2) is 22.0 Å². The van der Waals surface area contributed by atoms with Gasteiger partial charge in [0.05, 0.1) is 15.7 Å². The molecule has 29 heavy (non-hydrogen) atoms. The largest absolute Gasteiger partial charge is 0.408 e. The topological polar surface area (TPSA) is 158 Å². The van der Waals surface area contributed by atoms with Crippen molar-refractivity contribution in [1.29, 1.82) is 0 Å². The van der Waals surface area contributed by atoms with Crippen LogP contribution in [0.1, 0.15) is 16.4 Å². The molecule has 2 N–H and O–H groups in total. The van der Waals surface area contributed by atoms with Crippen LogP contribution in [0.25, 0.3) is 10.7 Å². The number of hydrogen-bond acceptors (Lipinski definition) is 9. The Kier molecular flexibility index (Phi) is 6.19. The highest BCUT2D eigenvalue weighted by molar-refractivity contribution is 7.13. The third-order valence-electron chi connectivity index (χ3n) is 3.68. The summed E-state index contributed by atoms with van der Waals surface area (Å²) < 4.78 is 6.06. The fourth-order valence-corrected chi connectivity index (χ4v) is 3.10. The van der Waals surface area contributed by atoms with Crippen molar-refractivity contribution in [2.24, 2.45) is 0 Å². The molecule has 2 amide bonds.